The number of amides is 3. The standard InChI is InChI=1S/C17H21ClN4O6S/c18-12-9-13-14(28-11-16(23)19-13)10-15(12)29(25,26)22-3-1-20(2-4-22)17(24)21-5-7-27-8-6-21/h9-10H,1-8,11H2,(H,19,23). The van der Waals surface area contributed by atoms with Crippen molar-refractivity contribution in [3.8, 4) is 5.75 Å². The summed E-state index contributed by atoms with van der Waals surface area (Å²) >= 11 is 6.20. The minimum Gasteiger partial charge on any atom is -0.482 e. The molecule has 3 aliphatic rings. The van der Waals surface area contributed by atoms with E-state index in [-0.39, 0.29) is 47.3 Å². The van der Waals surface area contributed by atoms with Gasteiger partial charge in [0.15, 0.2) is 6.61 Å². The predicted octanol–water partition coefficient (Wildman–Crippen LogP) is 0.429. The summed E-state index contributed by atoms with van der Waals surface area (Å²) in [5.74, 6) is -0.0704. The molecule has 158 valence electrons. The first-order chi connectivity index (χ1) is 13.9. The molecule has 0 unspecified atom stereocenters. The smallest absolute Gasteiger partial charge is 0.320 e. The van der Waals surface area contributed by atoms with E-state index in [2.05, 4.69) is 5.32 Å². The first-order valence-electron chi connectivity index (χ1n) is 9.24. The molecule has 2 fully saturated rings. The van der Waals surface area contributed by atoms with Gasteiger partial charge in [0.05, 0.1) is 23.9 Å². The zero-order chi connectivity index (χ0) is 20.6. The van der Waals surface area contributed by atoms with E-state index in [1.807, 2.05) is 0 Å². The highest BCUT2D eigenvalue weighted by Gasteiger charge is 2.34. The summed E-state index contributed by atoms with van der Waals surface area (Å²) in [6, 6.07) is 2.61. The van der Waals surface area contributed by atoms with Crippen molar-refractivity contribution in [3.05, 3.63) is 17.2 Å². The number of anilines is 1. The average molecular weight is 445 g/mol. The maximum atomic E-state index is 13.1. The van der Waals surface area contributed by atoms with E-state index in [0.29, 0.717) is 45.1 Å². The third-order valence-corrected chi connectivity index (χ3v) is 7.44. The van der Waals surface area contributed by atoms with Crippen LogP contribution in [0.25, 0.3) is 0 Å². The summed E-state index contributed by atoms with van der Waals surface area (Å²) in [5.41, 5.74) is 0.339. The van der Waals surface area contributed by atoms with E-state index in [0.717, 1.165) is 0 Å². The van der Waals surface area contributed by atoms with E-state index in [1.165, 1.54) is 16.4 Å². The number of fused-ring (bicyclic) bond motifs is 1. The lowest BCUT2D eigenvalue weighted by molar-refractivity contribution is -0.118. The van der Waals surface area contributed by atoms with Crippen LogP contribution in [0.4, 0.5) is 10.5 Å². The molecule has 1 aromatic rings. The Hall–Kier alpha value is -2.08. The summed E-state index contributed by atoms with van der Waals surface area (Å²) in [6.07, 6.45) is 0. The number of carbonyl (C=O) groups excluding carboxylic acids is 2. The number of hydrogen-bond acceptors (Lipinski definition) is 6. The fourth-order valence-corrected chi connectivity index (χ4v) is 5.43. The summed E-state index contributed by atoms with van der Waals surface area (Å²) in [5, 5.41) is 2.60. The summed E-state index contributed by atoms with van der Waals surface area (Å²) in [6.45, 7) is 2.86. The highest BCUT2D eigenvalue weighted by atomic mass is 35.5. The number of morpholine rings is 1. The van der Waals surface area contributed by atoms with Crippen LogP contribution >= 0.6 is 11.6 Å². The van der Waals surface area contributed by atoms with Crippen LogP contribution < -0.4 is 10.1 Å². The summed E-state index contributed by atoms with van der Waals surface area (Å²) < 4.78 is 38.1. The third kappa shape index (κ3) is 4.00. The first-order valence-corrected chi connectivity index (χ1v) is 11.1. The molecule has 0 aromatic heterocycles. The number of ether oxygens (including phenoxy) is 2. The minimum absolute atomic E-state index is 0.00127. The summed E-state index contributed by atoms with van der Waals surface area (Å²) in [4.78, 5) is 27.3. The highest BCUT2D eigenvalue weighted by Crippen LogP contribution is 2.37. The summed E-state index contributed by atoms with van der Waals surface area (Å²) in [7, 11) is -3.88. The SMILES string of the molecule is O=C1COc2cc(S(=O)(=O)N3CCN(C(=O)N4CCOCC4)CC3)c(Cl)cc2N1. The van der Waals surface area contributed by atoms with Crippen molar-refractivity contribution in [2.24, 2.45) is 0 Å². The Balaban J connectivity index is 1.46. The number of nitrogens with zero attached hydrogens (tertiary/aromatic N) is 3. The van der Waals surface area contributed by atoms with Crippen molar-refractivity contribution < 1.29 is 27.5 Å². The monoisotopic (exact) mass is 444 g/mol. The van der Waals surface area contributed by atoms with Crippen molar-refractivity contribution in [1.82, 2.24) is 14.1 Å². The van der Waals surface area contributed by atoms with Gasteiger partial charge in [0, 0.05) is 45.3 Å². The topological polar surface area (TPSA) is 108 Å². The molecule has 12 heteroatoms. The number of halogens is 1. The van der Waals surface area contributed by atoms with E-state index in [4.69, 9.17) is 21.1 Å². The van der Waals surface area contributed by atoms with Crippen LogP contribution in [0.1, 0.15) is 0 Å². The van der Waals surface area contributed by atoms with Crippen LogP contribution in [0.3, 0.4) is 0 Å². The molecule has 3 heterocycles. The van der Waals surface area contributed by atoms with Gasteiger partial charge in [0.2, 0.25) is 10.0 Å². The maximum absolute atomic E-state index is 13.1. The lowest BCUT2D eigenvalue weighted by Crippen LogP contribution is -2.55. The highest BCUT2D eigenvalue weighted by molar-refractivity contribution is 7.89. The average Bonchev–Trinajstić information content (AvgIpc) is 2.73. The number of carbonyl (C=O) groups is 2. The molecule has 29 heavy (non-hydrogen) atoms. The Morgan fingerprint density at radius 3 is 2.38 bits per heavy atom. The van der Waals surface area contributed by atoms with Crippen molar-refractivity contribution in [2.45, 2.75) is 4.90 Å². The molecule has 0 spiro atoms. The second kappa shape index (κ2) is 7.98. The number of urea groups is 1. The molecule has 3 aliphatic heterocycles. The molecule has 1 N–H and O–H groups in total. The van der Waals surface area contributed by atoms with Gasteiger partial charge < -0.3 is 24.6 Å². The lowest BCUT2D eigenvalue weighted by Gasteiger charge is -2.38. The minimum atomic E-state index is -3.88. The molecule has 0 bridgehead atoms. The molecule has 0 radical (unpaired) electrons. The largest absolute Gasteiger partial charge is 0.482 e. The number of rotatable bonds is 2. The van der Waals surface area contributed by atoms with Crippen molar-refractivity contribution in [1.29, 1.82) is 0 Å². The fraction of sp³-hybridized carbons (Fsp3) is 0.529. The van der Waals surface area contributed by atoms with Gasteiger partial charge in [-0.2, -0.15) is 4.31 Å². The Kier molecular flexibility index (Phi) is 5.56. The third-order valence-electron chi connectivity index (χ3n) is 5.08. The second-order valence-electron chi connectivity index (χ2n) is 6.89. The Labute approximate surface area is 173 Å². The number of sulfonamides is 1. The Bertz CT molecular complexity index is 926. The van der Waals surface area contributed by atoms with Crippen LogP contribution in [0, 0.1) is 0 Å². The quantitative estimate of drug-likeness (QED) is 0.708. The lowest BCUT2D eigenvalue weighted by atomic mass is 10.2. The Morgan fingerprint density at radius 1 is 1.03 bits per heavy atom. The van der Waals surface area contributed by atoms with Gasteiger partial charge in [0.1, 0.15) is 10.6 Å². The zero-order valence-corrected chi connectivity index (χ0v) is 17.2. The fourth-order valence-electron chi connectivity index (χ4n) is 3.49. The van der Waals surface area contributed by atoms with E-state index in [1.54, 1.807) is 9.80 Å². The van der Waals surface area contributed by atoms with E-state index < -0.39 is 10.0 Å². The Morgan fingerprint density at radius 2 is 1.69 bits per heavy atom. The van der Waals surface area contributed by atoms with E-state index >= 15 is 0 Å². The van der Waals surface area contributed by atoms with Gasteiger partial charge in [-0.25, -0.2) is 13.2 Å². The second-order valence-corrected chi connectivity index (χ2v) is 9.20. The normalized spacial score (nSPS) is 20.7. The molecule has 0 aliphatic carbocycles. The maximum Gasteiger partial charge on any atom is 0.320 e. The molecule has 10 nitrogen and oxygen atoms in total. The van der Waals surface area contributed by atoms with Crippen LogP contribution in [0.15, 0.2) is 17.0 Å². The zero-order valence-electron chi connectivity index (χ0n) is 15.6. The van der Waals surface area contributed by atoms with Gasteiger partial charge >= 0.3 is 6.03 Å². The predicted molar refractivity (Wildman–Crippen MR) is 104 cm³/mol. The van der Waals surface area contributed by atoms with Crippen molar-refractivity contribution in [3.63, 3.8) is 0 Å². The van der Waals surface area contributed by atoms with Crippen LogP contribution in [0.2, 0.25) is 5.02 Å². The van der Waals surface area contributed by atoms with Gasteiger partial charge in [-0.15, -0.1) is 0 Å². The van der Waals surface area contributed by atoms with Gasteiger partial charge in [-0.05, 0) is 6.07 Å². The van der Waals surface area contributed by atoms with Gasteiger partial charge in [0.25, 0.3) is 5.91 Å². The van der Waals surface area contributed by atoms with Crippen LogP contribution in [0.5, 0.6) is 5.75 Å². The molecule has 0 saturated carbocycles. The molecule has 3 amide bonds. The van der Waals surface area contributed by atoms with E-state index in [9.17, 15) is 18.0 Å². The first kappa shape index (κ1) is 20.2. The molecule has 0 atom stereocenters. The van der Waals surface area contributed by atoms with Gasteiger partial charge in [-0.1, -0.05) is 11.6 Å². The van der Waals surface area contributed by atoms with Crippen molar-refractivity contribution in [2.75, 3.05) is 64.4 Å². The number of nitrogens with one attached hydrogen (secondary N) is 1. The molecule has 1 aromatic carbocycles. The van der Waals surface area contributed by atoms with Gasteiger partial charge in [-0.3, -0.25) is 4.79 Å². The van der Waals surface area contributed by atoms with Crippen LogP contribution in [-0.2, 0) is 19.6 Å². The molecular formula is C17H21ClN4O6S. The number of benzene rings is 1. The molecule has 2 saturated heterocycles. The number of piperazine rings is 1. The van der Waals surface area contributed by atoms with Crippen molar-refractivity contribution >= 4 is 39.2 Å². The number of hydrogen-bond donors (Lipinski definition) is 1. The van der Waals surface area contributed by atoms with Crippen LogP contribution in [-0.4, -0.2) is 93.6 Å². The molecule has 4 rings (SSSR count). The molecular weight excluding hydrogens is 424 g/mol.